The quantitative estimate of drug-likeness (QED) is 0.567. The molecule has 0 fully saturated rings. The van der Waals surface area contributed by atoms with Crippen LogP contribution in [-0.2, 0) is 9.53 Å². The van der Waals surface area contributed by atoms with Crippen molar-refractivity contribution in [3.8, 4) is 5.75 Å². The van der Waals surface area contributed by atoms with Gasteiger partial charge >= 0.3 is 5.97 Å². The van der Waals surface area contributed by atoms with E-state index in [4.69, 9.17) is 16.2 Å². The summed E-state index contributed by atoms with van der Waals surface area (Å²) in [4.78, 5) is 21.9. The molecule has 1 aromatic carbocycles. The highest BCUT2D eigenvalue weighted by Crippen LogP contribution is 2.22. The number of ether oxygens (including phenoxy) is 2. The molecule has 0 aromatic heterocycles. The Bertz CT molecular complexity index is 431. The van der Waals surface area contributed by atoms with Crippen molar-refractivity contribution >= 4 is 17.6 Å². The van der Waals surface area contributed by atoms with Crippen molar-refractivity contribution in [1.82, 2.24) is 0 Å². The standard InChI is InChI=1S/C11H14N2O4/c1-2-16-9-4-3-7(5-8(9)12)11(15)17-6-10(13)14/h3-5H,2,6,12H2,1H3,(H2,13,14). The lowest BCUT2D eigenvalue weighted by Gasteiger charge is -2.08. The van der Waals surface area contributed by atoms with E-state index in [0.717, 1.165) is 0 Å². The highest BCUT2D eigenvalue weighted by Gasteiger charge is 2.10. The molecule has 1 aromatic rings. The van der Waals surface area contributed by atoms with Gasteiger partial charge in [-0.3, -0.25) is 4.79 Å². The lowest BCUT2D eigenvalue weighted by Crippen LogP contribution is -2.21. The van der Waals surface area contributed by atoms with E-state index in [1.165, 1.54) is 12.1 Å². The Hall–Kier alpha value is -2.24. The van der Waals surface area contributed by atoms with Crippen LogP contribution in [0.2, 0.25) is 0 Å². The predicted octanol–water partition coefficient (Wildman–Crippen LogP) is 0.310. The van der Waals surface area contributed by atoms with Crippen molar-refractivity contribution in [2.24, 2.45) is 5.73 Å². The first-order chi connectivity index (χ1) is 8.04. The molecule has 6 heteroatoms. The number of nitrogen functional groups attached to an aromatic ring is 1. The Morgan fingerprint density at radius 3 is 2.59 bits per heavy atom. The molecule has 0 bridgehead atoms. The summed E-state index contributed by atoms with van der Waals surface area (Å²) < 4.78 is 9.85. The summed E-state index contributed by atoms with van der Waals surface area (Å²) in [7, 11) is 0. The molecule has 6 nitrogen and oxygen atoms in total. The van der Waals surface area contributed by atoms with Crippen molar-refractivity contribution in [3.05, 3.63) is 23.8 Å². The number of carbonyl (C=O) groups excluding carboxylic acids is 2. The van der Waals surface area contributed by atoms with Crippen molar-refractivity contribution in [3.63, 3.8) is 0 Å². The van der Waals surface area contributed by atoms with E-state index in [2.05, 4.69) is 4.74 Å². The van der Waals surface area contributed by atoms with Crippen LogP contribution in [0.4, 0.5) is 5.69 Å². The van der Waals surface area contributed by atoms with E-state index in [-0.39, 0.29) is 5.56 Å². The van der Waals surface area contributed by atoms with Gasteiger partial charge in [0.2, 0.25) is 0 Å². The van der Waals surface area contributed by atoms with Gasteiger partial charge in [-0.2, -0.15) is 0 Å². The van der Waals surface area contributed by atoms with Crippen LogP contribution >= 0.6 is 0 Å². The second-order valence-electron chi connectivity index (χ2n) is 3.23. The van der Waals surface area contributed by atoms with E-state index in [1.54, 1.807) is 6.07 Å². The van der Waals surface area contributed by atoms with E-state index >= 15 is 0 Å². The van der Waals surface area contributed by atoms with Gasteiger partial charge in [0.05, 0.1) is 17.9 Å². The maximum Gasteiger partial charge on any atom is 0.338 e. The highest BCUT2D eigenvalue weighted by molar-refractivity contribution is 5.92. The molecule has 17 heavy (non-hydrogen) atoms. The van der Waals surface area contributed by atoms with Gasteiger partial charge in [-0.25, -0.2) is 4.79 Å². The first-order valence-electron chi connectivity index (χ1n) is 5.02. The number of hydrogen-bond acceptors (Lipinski definition) is 5. The monoisotopic (exact) mass is 238 g/mol. The fraction of sp³-hybridized carbons (Fsp3) is 0.273. The minimum Gasteiger partial charge on any atom is -0.492 e. The SMILES string of the molecule is CCOc1ccc(C(=O)OCC(N)=O)cc1N. The van der Waals surface area contributed by atoms with Crippen LogP contribution in [0.3, 0.4) is 0 Å². The molecule has 0 spiro atoms. The second kappa shape index (κ2) is 5.74. The topological polar surface area (TPSA) is 105 Å². The normalized spacial score (nSPS) is 9.71. The number of rotatable bonds is 5. The Morgan fingerprint density at radius 1 is 1.35 bits per heavy atom. The molecule has 0 unspecified atom stereocenters. The molecule has 0 aliphatic heterocycles. The smallest absolute Gasteiger partial charge is 0.338 e. The second-order valence-corrected chi connectivity index (χ2v) is 3.23. The van der Waals surface area contributed by atoms with Gasteiger partial charge in [-0.15, -0.1) is 0 Å². The summed E-state index contributed by atoms with van der Waals surface area (Å²) in [6.07, 6.45) is 0. The van der Waals surface area contributed by atoms with Gasteiger partial charge in [0.25, 0.3) is 5.91 Å². The summed E-state index contributed by atoms with van der Waals surface area (Å²) >= 11 is 0. The third kappa shape index (κ3) is 3.67. The number of nitrogens with two attached hydrogens (primary N) is 2. The first-order valence-corrected chi connectivity index (χ1v) is 5.02. The molecule has 0 aliphatic carbocycles. The van der Waals surface area contributed by atoms with Crippen molar-refractivity contribution in [2.75, 3.05) is 18.9 Å². The minimum atomic E-state index is -0.711. The van der Waals surface area contributed by atoms with Gasteiger partial charge in [0.15, 0.2) is 6.61 Å². The number of benzene rings is 1. The molecule has 0 aliphatic rings. The van der Waals surface area contributed by atoms with Crippen LogP contribution in [-0.4, -0.2) is 25.1 Å². The third-order valence-corrected chi connectivity index (χ3v) is 1.89. The Balaban J connectivity index is 2.75. The molecular formula is C11H14N2O4. The Morgan fingerprint density at radius 2 is 2.06 bits per heavy atom. The molecule has 1 amide bonds. The zero-order valence-corrected chi connectivity index (χ0v) is 9.43. The summed E-state index contributed by atoms with van der Waals surface area (Å²) in [6.45, 7) is 1.86. The van der Waals surface area contributed by atoms with Gasteiger partial charge in [-0.1, -0.05) is 0 Å². The predicted molar refractivity (Wildman–Crippen MR) is 61.5 cm³/mol. The Kier molecular flexibility index (Phi) is 4.33. The van der Waals surface area contributed by atoms with E-state index in [0.29, 0.717) is 18.0 Å². The van der Waals surface area contributed by atoms with Gasteiger partial charge in [-0.05, 0) is 25.1 Å². The number of anilines is 1. The van der Waals surface area contributed by atoms with Crippen LogP contribution in [0.1, 0.15) is 17.3 Å². The average molecular weight is 238 g/mol. The number of esters is 1. The van der Waals surface area contributed by atoms with Crippen LogP contribution in [0, 0.1) is 0 Å². The molecule has 0 saturated heterocycles. The number of hydrogen-bond donors (Lipinski definition) is 2. The molecule has 0 radical (unpaired) electrons. The highest BCUT2D eigenvalue weighted by atomic mass is 16.5. The summed E-state index contributed by atoms with van der Waals surface area (Å²) in [6, 6.07) is 4.50. The largest absolute Gasteiger partial charge is 0.492 e. The van der Waals surface area contributed by atoms with Gasteiger partial charge < -0.3 is 20.9 Å². The number of primary amides is 1. The van der Waals surface area contributed by atoms with Crippen molar-refractivity contribution < 1.29 is 19.1 Å². The van der Waals surface area contributed by atoms with Crippen molar-refractivity contribution in [1.29, 1.82) is 0 Å². The molecule has 0 atom stereocenters. The number of amides is 1. The van der Waals surface area contributed by atoms with Crippen LogP contribution < -0.4 is 16.2 Å². The number of carbonyl (C=O) groups is 2. The Labute approximate surface area is 98.5 Å². The summed E-state index contributed by atoms with van der Waals surface area (Å²) in [5.74, 6) is -0.866. The molecule has 0 heterocycles. The molecule has 92 valence electrons. The maximum atomic E-state index is 11.4. The van der Waals surface area contributed by atoms with E-state index in [1.807, 2.05) is 6.92 Å². The molecular weight excluding hydrogens is 224 g/mol. The van der Waals surface area contributed by atoms with Crippen molar-refractivity contribution in [2.45, 2.75) is 6.92 Å². The van der Waals surface area contributed by atoms with Crippen LogP contribution in [0.25, 0.3) is 0 Å². The lowest BCUT2D eigenvalue weighted by atomic mass is 10.2. The fourth-order valence-electron chi connectivity index (χ4n) is 1.18. The molecule has 1 rings (SSSR count). The molecule has 0 saturated carbocycles. The zero-order valence-electron chi connectivity index (χ0n) is 9.43. The fourth-order valence-corrected chi connectivity index (χ4v) is 1.18. The van der Waals surface area contributed by atoms with Crippen LogP contribution in [0.5, 0.6) is 5.75 Å². The zero-order chi connectivity index (χ0) is 12.8. The van der Waals surface area contributed by atoms with Crippen LogP contribution in [0.15, 0.2) is 18.2 Å². The van der Waals surface area contributed by atoms with E-state index < -0.39 is 18.5 Å². The van der Waals surface area contributed by atoms with E-state index in [9.17, 15) is 9.59 Å². The van der Waals surface area contributed by atoms with Gasteiger partial charge in [0.1, 0.15) is 5.75 Å². The van der Waals surface area contributed by atoms with Gasteiger partial charge in [0, 0.05) is 0 Å². The molecule has 4 N–H and O–H groups in total. The lowest BCUT2D eigenvalue weighted by molar-refractivity contribution is -0.121. The summed E-state index contributed by atoms with van der Waals surface area (Å²) in [5.41, 5.74) is 11.1. The average Bonchev–Trinajstić information content (AvgIpc) is 2.28. The third-order valence-electron chi connectivity index (χ3n) is 1.89. The maximum absolute atomic E-state index is 11.4. The minimum absolute atomic E-state index is 0.243. The summed E-state index contributed by atoms with van der Waals surface area (Å²) in [5, 5.41) is 0. The first kappa shape index (κ1) is 12.8.